The van der Waals surface area contributed by atoms with Crippen molar-refractivity contribution in [2.24, 2.45) is 0 Å². The summed E-state index contributed by atoms with van der Waals surface area (Å²) in [6.07, 6.45) is 3.36. The van der Waals surface area contributed by atoms with Crippen molar-refractivity contribution in [3.8, 4) is 17.5 Å². The molecule has 6 rings (SSSR count). The van der Waals surface area contributed by atoms with Crippen LogP contribution in [0, 0.1) is 18.8 Å². The fourth-order valence-corrected chi connectivity index (χ4v) is 4.73. The molecule has 1 N–H and O–H groups in total. The molecule has 0 radical (unpaired) electrons. The number of rotatable bonds is 4. The van der Waals surface area contributed by atoms with Gasteiger partial charge in [-0.15, -0.1) is 0 Å². The fraction of sp³-hybridized carbons (Fsp3) is 0.0938. The molecule has 8 heteroatoms. The summed E-state index contributed by atoms with van der Waals surface area (Å²) in [5.74, 6) is 6.34. The van der Waals surface area contributed by atoms with E-state index in [2.05, 4.69) is 27.2 Å². The molecule has 3 aromatic heterocycles. The van der Waals surface area contributed by atoms with Gasteiger partial charge in [0.2, 0.25) is 0 Å². The van der Waals surface area contributed by atoms with Crippen molar-refractivity contribution in [2.75, 3.05) is 0 Å². The van der Waals surface area contributed by atoms with Crippen molar-refractivity contribution in [1.29, 1.82) is 0 Å². The standard InChI is InChI=1S/C32H24N6O2/c1-21-27(30-33-19-10-20-37(30)36-21)31(39)34-22(2)29-35-26-16-9-13-24(18-17-23-11-5-3-6-12-23)28(26)32(40)38(29)25-14-7-4-8-15-25/h3-16,19-20,22H,1-2H3,(H,34,39)/t22-/m1/s1. The lowest BCUT2D eigenvalue weighted by molar-refractivity contribution is 0.0938. The Labute approximate surface area is 230 Å². The van der Waals surface area contributed by atoms with Crippen molar-refractivity contribution >= 4 is 22.5 Å². The lowest BCUT2D eigenvalue weighted by Crippen LogP contribution is -2.33. The largest absolute Gasteiger partial charge is 0.342 e. The number of hydrogen-bond donors (Lipinski definition) is 1. The van der Waals surface area contributed by atoms with Gasteiger partial charge >= 0.3 is 0 Å². The molecule has 40 heavy (non-hydrogen) atoms. The lowest BCUT2D eigenvalue weighted by Gasteiger charge is -2.20. The van der Waals surface area contributed by atoms with Crippen LogP contribution in [0.4, 0.5) is 0 Å². The second kappa shape index (κ2) is 10.3. The van der Waals surface area contributed by atoms with Crippen LogP contribution in [0.5, 0.6) is 0 Å². The molecule has 3 heterocycles. The molecule has 0 aliphatic rings. The highest BCUT2D eigenvalue weighted by atomic mass is 16.2. The van der Waals surface area contributed by atoms with Crippen molar-refractivity contribution in [1.82, 2.24) is 29.5 Å². The average molecular weight is 525 g/mol. The number of benzene rings is 3. The Kier molecular flexibility index (Phi) is 6.38. The molecule has 0 saturated carbocycles. The molecule has 1 atom stereocenters. The molecule has 1 amide bonds. The van der Waals surface area contributed by atoms with E-state index in [0.717, 1.165) is 5.56 Å². The number of aryl methyl sites for hydroxylation is 1. The zero-order valence-corrected chi connectivity index (χ0v) is 21.9. The van der Waals surface area contributed by atoms with Crippen molar-refractivity contribution in [3.05, 3.63) is 136 Å². The van der Waals surface area contributed by atoms with Crippen LogP contribution in [0.25, 0.3) is 22.2 Å². The highest BCUT2D eigenvalue weighted by Gasteiger charge is 2.24. The zero-order chi connectivity index (χ0) is 27.6. The van der Waals surface area contributed by atoms with Gasteiger partial charge in [0.05, 0.1) is 28.3 Å². The van der Waals surface area contributed by atoms with Gasteiger partial charge in [0.1, 0.15) is 11.4 Å². The molecule has 0 spiro atoms. The summed E-state index contributed by atoms with van der Waals surface area (Å²) in [7, 11) is 0. The van der Waals surface area contributed by atoms with E-state index in [-0.39, 0.29) is 11.5 Å². The summed E-state index contributed by atoms with van der Waals surface area (Å²) >= 11 is 0. The Morgan fingerprint density at radius 1 is 0.925 bits per heavy atom. The Bertz CT molecular complexity index is 2000. The normalized spacial score (nSPS) is 11.7. The molecule has 0 aliphatic carbocycles. The summed E-state index contributed by atoms with van der Waals surface area (Å²) in [5.41, 5.74) is 3.69. The van der Waals surface area contributed by atoms with Crippen LogP contribution < -0.4 is 10.9 Å². The van der Waals surface area contributed by atoms with Gasteiger partial charge in [-0.2, -0.15) is 5.10 Å². The highest BCUT2D eigenvalue weighted by Crippen LogP contribution is 2.21. The minimum Gasteiger partial charge on any atom is -0.342 e. The number of para-hydroxylation sites is 1. The summed E-state index contributed by atoms with van der Waals surface area (Å²) in [6, 6.07) is 25.4. The molecular formula is C32H24N6O2. The molecule has 0 unspecified atom stereocenters. The number of carbonyl (C=O) groups excluding carboxylic acids is 1. The SMILES string of the molecule is Cc1nn2cccnc2c1C(=O)N[C@H](C)c1nc2cccc(C#Cc3ccccc3)c2c(=O)n1-c1ccccc1. The number of fused-ring (bicyclic) bond motifs is 2. The Hall–Kier alpha value is -5.55. The molecule has 0 saturated heterocycles. The number of amides is 1. The Balaban J connectivity index is 1.48. The number of hydrogen-bond acceptors (Lipinski definition) is 5. The third-order valence-electron chi connectivity index (χ3n) is 6.59. The van der Waals surface area contributed by atoms with Crippen LogP contribution in [0.2, 0.25) is 0 Å². The Morgan fingerprint density at radius 2 is 1.68 bits per heavy atom. The maximum absolute atomic E-state index is 14.1. The molecule has 8 nitrogen and oxygen atoms in total. The summed E-state index contributed by atoms with van der Waals surface area (Å²) in [5, 5.41) is 7.82. The minimum atomic E-state index is -0.623. The molecule has 0 bridgehead atoms. The molecule has 0 fully saturated rings. The minimum absolute atomic E-state index is 0.265. The van der Waals surface area contributed by atoms with Crippen LogP contribution in [0.3, 0.4) is 0 Å². The number of nitrogens with zero attached hydrogens (tertiary/aromatic N) is 5. The van der Waals surface area contributed by atoms with Gasteiger partial charge in [-0.25, -0.2) is 14.5 Å². The highest BCUT2D eigenvalue weighted by molar-refractivity contribution is 6.01. The first-order valence-corrected chi connectivity index (χ1v) is 12.8. The van der Waals surface area contributed by atoms with E-state index in [0.29, 0.717) is 44.9 Å². The van der Waals surface area contributed by atoms with E-state index in [4.69, 9.17) is 4.98 Å². The maximum Gasteiger partial charge on any atom is 0.267 e. The van der Waals surface area contributed by atoms with E-state index in [1.165, 1.54) is 0 Å². The second-order valence-electron chi connectivity index (χ2n) is 9.31. The Morgan fingerprint density at radius 3 is 2.45 bits per heavy atom. The molecule has 194 valence electrons. The summed E-state index contributed by atoms with van der Waals surface area (Å²) in [4.78, 5) is 36.8. The van der Waals surface area contributed by atoms with Gasteiger partial charge in [0.25, 0.3) is 11.5 Å². The fourth-order valence-electron chi connectivity index (χ4n) is 4.73. The summed E-state index contributed by atoms with van der Waals surface area (Å²) < 4.78 is 3.11. The van der Waals surface area contributed by atoms with E-state index in [1.807, 2.05) is 72.8 Å². The first kappa shape index (κ1) is 24.8. The van der Waals surface area contributed by atoms with Crippen molar-refractivity contribution in [2.45, 2.75) is 19.9 Å². The van der Waals surface area contributed by atoms with E-state index < -0.39 is 6.04 Å². The lowest BCUT2D eigenvalue weighted by atomic mass is 10.1. The van der Waals surface area contributed by atoms with Gasteiger partial charge in [-0.1, -0.05) is 54.3 Å². The van der Waals surface area contributed by atoms with Gasteiger partial charge < -0.3 is 5.32 Å². The van der Waals surface area contributed by atoms with Crippen LogP contribution in [-0.2, 0) is 0 Å². The number of carbonyl (C=O) groups is 1. The quantitative estimate of drug-likeness (QED) is 0.340. The number of aromatic nitrogens is 5. The first-order chi connectivity index (χ1) is 19.5. The monoisotopic (exact) mass is 524 g/mol. The van der Waals surface area contributed by atoms with Gasteiger partial charge in [-0.05, 0) is 56.3 Å². The van der Waals surface area contributed by atoms with E-state index >= 15 is 0 Å². The predicted octanol–water partition coefficient (Wildman–Crippen LogP) is 4.63. The second-order valence-corrected chi connectivity index (χ2v) is 9.31. The molecule has 6 aromatic rings. The maximum atomic E-state index is 14.1. The molecule has 0 aliphatic heterocycles. The smallest absolute Gasteiger partial charge is 0.267 e. The van der Waals surface area contributed by atoms with Gasteiger partial charge in [-0.3, -0.25) is 14.2 Å². The van der Waals surface area contributed by atoms with Crippen molar-refractivity contribution in [3.63, 3.8) is 0 Å². The van der Waals surface area contributed by atoms with Crippen LogP contribution in [-0.4, -0.2) is 30.1 Å². The van der Waals surface area contributed by atoms with E-state index in [1.54, 1.807) is 47.5 Å². The van der Waals surface area contributed by atoms with Gasteiger partial charge in [0, 0.05) is 23.5 Å². The zero-order valence-electron chi connectivity index (χ0n) is 21.9. The van der Waals surface area contributed by atoms with E-state index in [9.17, 15) is 9.59 Å². The average Bonchev–Trinajstić information content (AvgIpc) is 3.32. The molecular weight excluding hydrogens is 500 g/mol. The van der Waals surface area contributed by atoms with Crippen LogP contribution >= 0.6 is 0 Å². The van der Waals surface area contributed by atoms with Crippen LogP contribution in [0.15, 0.2) is 102 Å². The topological polar surface area (TPSA) is 94.2 Å². The van der Waals surface area contributed by atoms with Crippen molar-refractivity contribution < 1.29 is 4.79 Å². The van der Waals surface area contributed by atoms with Gasteiger partial charge in [0.15, 0.2) is 5.65 Å². The summed E-state index contributed by atoms with van der Waals surface area (Å²) in [6.45, 7) is 3.57. The third-order valence-corrected chi connectivity index (χ3v) is 6.59. The first-order valence-electron chi connectivity index (χ1n) is 12.8. The molecule has 3 aromatic carbocycles. The third kappa shape index (κ3) is 4.50. The van der Waals surface area contributed by atoms with Crippen LogP contribution in [0.1, 0.15) is 46.0 Å². The predicted molar refractivity (Wildman–Crippen MR) is 153 cm³/mol. The number of nitrogens with one attached hydrogen (secondary N) is 1.